The molecule has 2 unspecified atom stereocenters. The molecule has 2 amide bonds. The molecule has 2 heterocycles. The molecule has 0 saturated carbocycles. The number of aliphatic hydroxyl groups is 2. The third kappa shape index (κ3) is 4.68. The Hall–Kier alpha value is -2.51. The van der Waals surface area contributed by atoms with Crippen LogP contribution in [0.4, 0.5) is 10.5 Å². The minimum Gasteiger partial charge on any atom is -0.475 e. The van der Waals surface area contributed by atoms with Crippen molar-refractivity contribution >= 4 is 21.6 Å². The molecule has 11 nitrogen and oxygen atoms in total. The van der Waals surface area contributed by atoms with E-state index in [2.05, 4.69) is 20.8 Å². The monoisotopic (exact) mass is 504 g/mol. The van der Waals surface area contributed by atoms with Gasteiger partial charge >= 0.3 is 6.03 Å². The average molecular weight is 505 g/mol. The van der Waals surface area contributed by atoms with Crippen LogP contribution in [0.3, 0.4) is 0 Å². The normalized spacial score (nSPS) is 20.1. The van der Waals surface area contributed by atoms with Crippen LogP contribution >= 0.6 is 0 Å². The van der Waals surface area contributed by atoms with Crippen molar-refractivity contribution in [1.82, 2.24) is 14.7 Å². The molecule has 0 bridgehead atoms. The van der Waals surface area contributed by atoms with Crippen LogP contribution < -0.4 is 15.2 Å². The SMILES string of the molecule is NS(=O)(=NC(=O)Nc1c2c(cc3c1CCC3)CCC2)c1cnn2c1OCC(N(CCO)CCO)C2. The van der Waals surface area contributed by atoms with Gasteiger partial charge < -0.3 is 20.3 Å². The number of benzene rings is 1. The van der Waals surface area contributed by atoms with Gasteiger partial charge in [-0.05, 0) is 60.8 Å². The molecule has 2 aliphatic carbocycles. The summed E-state index contributed by atoms with van der Waals surface area (Å²) in [5.74, 6) is 0.222. The van der Waals surface area contributed by atoms with Crippen molar-refractivity contribution in [3.8, 4) is 5.88 Å². The second-order valence-corrected chi connectivity index (χ2v) is 11.0. The molecule has 1 aromatic carbocycles. The Labute approximate surface area is 204 Å². The molecular formula is C23H32N6O5S. The van der Waals surface area contributed by atoms with Crippen molar-refractivity contribution in [3.63, 3.8) is 0 Å². The van der Waals surface area contributed by atoms with Gasteiger partial charge in [-0.25, -0.2) is 18.8 Å². The van der Waals surface area contributed by atoms with E-state index in [0.29, 0.717) is 19.6 Å². The molecule has 190 valence electrons. The smallest absolute Gasteiger partial charge is 0.354 e. The summed E-state index contributed by atoms with van der Waals surface area (Å²) in [6.45, 7) is 1.31. The van der Waals surface area contributed by atoms with Crippen molar-refractivity contribution in [2.75, 3.05) is 38.2 Å². The molecule has 12 heteroatoms. The lowest BCUT2D eigenvalue weighted by molar-refractivity contribution is 0.0562. The van der Waals surface area contributed by atoms with Crippen molar-refractivity contribution in [3.05, 3.63) is 34.5 Å². The number of nitrogens with one attached hydrogen (secondary N) is 1. The van der Waals surface area contributed by atoms with Crippen molar-refractivity contribution in [2.24, 2.45) is 9.50 Å². The summed E-state index contributed by atoms with van der Waals surface area (Å²) in [5, 5.41) is 31.8. The molecule has 0 spiro atoms. The van der Waals surface area contributed by atoms with Crippen LogP contribution in [0.5, 0.6) is 5.88 Å². The number of carbonyl (C=O) groups is 1. The van der Waals surface area contributed by atoms with Gasteiger partial charge in [0.05, 0.1) is 32.0 Å². The first-order valence-corrected chi connectivity index (χ1v) is 13.7. The maximum Gasteiger partial charge on any atom is 0.354 e. The second kappa shape index (κ2) is 9.86. The number of nitrogens with zero attached hydrogens (tertiary/aromatic N) is 4. The van der Waals surface area contributed by atoms with Gasteiger partial charge in [0.15, 0.2) is 9.92 Å². The number of urea groups is 1. The zero-order valence-corrected chi connectivity index (χ0v) is 20.4. The summed E-state index contributed by atoms with van der Waals surface area (Å²) in [6.07, 6.45) is 7.27. The Kier molecular flexibility index (Phi) is 6.82. The first kappa shape index (κ1) is 24.2. The van der Waals surface area contributed by atoms with Gasteiger partial charge in [-0.1, -0.05) is 6.07 Å². The predicted molar refractivity (Wildman–Crippen MR) is 130 cm³/mol. The van der Waals surface area contributed by atoms with E-state index in [1.54, 1.807) is 0 Å². The van der Waals surface area contributed by atoms with E-state index in [-0.39, 0.29) is 36.6 Å². The van der Waals surface area contributed by atoms with Crippen molar-refractivity contribution < 1.29 is 24.0 Å². The van der Waals surface area contributed by atoms with Crippen molar-refractivity contribution in [2.45, 2.75) is 56.0 Å². The molecule has 2 atom stereocenters. The van der Waals surface area contributed by atoms with E-state index in [4.69, 9.17) is 9.88 Å². The van der Waals surface area contributed by atoms with Crippen LogP contribution in [-0.2, 0) is 42.1 Å². The number of aliphatic hydroxyl groups excluding tert-OH is 2. The van der Waals surface area contributed by atoms with E-state index in [9.17, 15) is 19.2 Å². The molecule has 2 aromatic rings. The molecule has 0 fully saturated rings. The van der Waals surface area contributed by atoms with Gasteiger partial charge in [-0.2, -0.15) is 5.10 Å². The largest absolute Gasteiger partial charge is 0.475 e. The highest BCUT2D eigenvalue weighted by Gasteiger charge is 2.31. The number of amides is 2. The number of hydrogen-bond donors (Lipinski definition) is 4. The highest BCUT2D eigenvalue weighted by atomic mass is 32.2. The Balaban J connectivity index is 1.37. The molecule has 1 aromatic heterocycles. The first-order valence-electron chi connectivity index (χ1n) is 12.1. The number of nitrogens with two attached hydrogens (primary N) is 1. The molecule has 0 saturated heterocycles. The number of anilines is 1. The van der Waals surface area contributed by atoms with Gasteiger partial charge in [0.1, 0.15) is 11.5 Å². The summed E-state index contributed by atoms with van der Waals surface area (Å²) in [7, 11) is -3.60. The Morgan fingerprint density at radius 2 is 1.86 bits per heavy atom. The van der Waals surface area contributed by atoms with Crippen LogP contribution in [0.15, 0.2) is 21.5 Å². The van der Waals surface area contributed by atoms with E-state index in [0.717, 1.165) is 55.3 Å². The first-order chi connectivity index (χ1) is 16.9. The number of rotatable bonds is 7. The third-order valence-electron chi connectivity index (χ3n) is 7.09. The lowest BCUT2D eigenvalue weighted by atomic mass is 9.99. The lowest BCUT2D eigenvalue weighted by Gasteiger charge is -2.33. The number of ether oxygens (including phenoxy) is 1. The number of fused-ring (bicyclic) bond motifs is 3. The minimum absolute atomic E-state index is 0.0494. The standard InChI is InChI=1S/C23H32N6O5S/c24-35(33,20-12-25-29-13-17(14-34-22(20)29)28(7-9-30)8-10-31)27-23(32)26-21-18-5-1-3-15(18)11-16-4-2-6-19(16)21/h11-12,17,30-31H,1-10,13-14H2,(H3,24,26,27,32,33). The maximum absolute atomic E-state index is 13.3. The van der Waals surface area contributed by atoms with Gasteiger partial charge in [0.25, 0.3) is 0 Å². The number of aryl methyl sites for hydroxylation is 2. The lowest BCUT2D eigenvalue weighted by Crippen LogP contribution is -2.47. The Morgan fingerprint density at radius 3 is 2.49 bits per heavy atom. The molecule has 35 heavy (non-hydrogen) atoms. The quantitative estimate of drug-likeness (QED) is 0.435. The van der Waals surface area contributed by atoms with E-state index < -0.39 is 15.9 Å². The van der Waals surface area contributed by atoms with Crippen molar-refractivity contribution in [1.29, 1.82) is 0 Å². The van der Waals surface area contributed by atoms with Crippen LogP contribution in [0, 0.1) is 0 Å². The molecular weight excluding hydrogens is 472 g/mol. The van der Waals surface area contributed by atoms with Gasteiger partial charge in [-0.15, -0.1) is 4.36 Å². The van der Waals surface area contributed by atoms with E-state index in [1.807, 2.05) is 4.90 Å². The van der Waals surface area contributed by atoms with Crippen LogP contribution in [0.25, 0.3) is 0 Å². The minimum atomic E-state index is -3.60. The topological polar surface area (TPSA) is 155 Å². The number of aromatic nitrogens is 2. The van der Waals surface area contributed by atoms with Gasteiger partial charge in [0, 0.05) is 18.8 Å². The Morgan fingerprint density at radius 1 is 1.20 bits per heavy atom. The van der Waals surface area contributed by atoms with Crippen LogP contribution in [0.1, 0.15) is 35.1 Å². The van der Waals surface area contributed by atoms with E-state index >= 15 is 0 Å². The summed E-state index contributed by atoms with van der Waals surface area (Å²) in [5.41, 5.74) is 5.69. The summed E-state index contributed by atoms with van der Waals surface area (Å²) >= 11 is 0. The number of hydrogen-bond acceptors (Lipinski definition) is 7. The van der Waals surface area contributed by atoms with E-state index in [1.165, 1.54) is 22.0 Å². The third-order valence-corrected chi connectivity index (χ3v) is 8.43. The molecule has 3 aliphatic rings. The highest BCUT2D eigenvalue weighted by Crippen LogP contribution is 2.38. The Bertz CT molecular complexity index is 1210. The summed E-state index contributed by atoms with van der Waals surface area (Å²) in [6, 6.07) is 1.40. The fraction of sp³-hybridized carbons (Fsp3) is 0.565. The fourth-order valence-corrected chi connectivity index (χ4v) is 6.49. The predicted octanol–water partition coefficient (Wildman–Crippen LogP) is 0.841. The number of carbonyl (C=O) groups excluding carboxylic acids is 1. The molecule has 5 rings (SSSR count). The van der Waals surface area contributed by atoms with Crippen LogP contribution in [0.2, 0.25) is 0 Å². The summed E-state index contributed by atoms with van der Waals surface area (Å²) in [4.78, 5) is 14.9. The average Bonchev–Trinajstić information content (AvgIpc) is 3.57. The zero-order chi connectivity index (χ0) is 24.6. The highest BCUT2D eigenvalue weighted by molar-refractivity contribution is 7.91. The maximum atomic E-state index is 13.3. The molecule has 5 N–H and O–H groups in total. The second-order valence-electron chi connectivity index (χ2n) is 9.27. The van der Waals surface area contributed by atoms with Gasteiger partial charge in [0.2, 0.25) is 5.88 Å². The van der Waals surface area contributed by atoms with Gasteiger partial charge in [-0.3, -0.25) is 4.90 Å². The summed E-state index contributed by atoms with van der Waals surface area (Å²) < 4.78 is 24.6. The fourth-order valence-electron chi connectivity index (χ4n) is 5.48. The molecule has 1 aliphatic heterocycles. The van der Waals surface area contributed by atoms with Crippen LogP contribution in [-0.4, -0.2) is 74.1 Å². The molecule has 0 radical (unpaired) electrons. The zero-order valence-electron chi connectivity index (χ0n) is 19.6.